The SMILES string of the molecule is CCCCN(C)C(C)CC(C)(NC1CC1)C(=O)OC. The van der Waals surface area contributed by atoms with Gasteiger partial charge in [0.2, 0.25) is 0 Å². The highest BCUT2D eigenvalue weighted by Gasteiger charge is 2.40. The summed E-state index contributed by atoms with van der Waals surface area (Å²) in [6.07, 6.45) is 5.53. The van der Waals surface area contributed by atoms with E-state index in [1.165, 1.54) is 32.8 Å². The van der Waals surface area contributed by atoms with Crippen molar-refractivity contribution in [1.82, 2.24) is 10.2 Å². The number of methoxy groups -OCH3 is 1. The average molecular weight is 270 g/mol. The predicted molar refractivity (Wildman–Crippen MR) is 78.2 cm³/mol. The van der Waals surface area contributed by atoms with Crippen molar-refractivity contribution in [3.63, 3.8) is 0 Å². The summed E-state index contributed by atoms with van der Waals surface area (Å²) in [6, 6.07) is 0.860. The van der Waals surface area contributed by atoms with E-state index in [2.05, 4.69) is 31.1 Å². The zero-order valence-electron chi connectivity index (χ0n) is 13.2. The first kappa shape index (κ1) is 16.4. The van der Waals surface area contributed by atoms with Gasteiger partial charge in [-0.05, 0) is 53.1 Å². The second-order valence-corrected chi connectivity index (χ2v) is 6.13. The number of nitrogens with zero attached hydrogens (tertiary/aromatic N) is 1. The fourth-order valence-electron chi connectivity index (χ4n) is 2.48. The van der Waals surface area contributed by atoms with Crippen LogP contribution in [0.15, 0.2) is 0 Å². The molecule has 0 amide bonds. The molecule has 1 fully saturated rings. The lowest BCUT2D eigenvalue weighted by Gasteiger charge is -2.34. The average Bonchev–Trinajstić information content (AvgIpc) is 3.18. The van der Waals surface area contributed by atoms with Crippen LogP contribution in [0.25, 0.3) is 0 Å². The van der Waals surface area contributed by atoms with Crippen LogP contribution in [0.1, 0.15) is 52.9 Å². The minimum absolute atomic E-state index is 0.143. The summed E-state index contributed by atoms with van der Waals surface area (Å²) in [5, 5.41) is 3.46. The van der Waals surface area contributed by atoms with Crippen molar-refractivity contribution in [1.29, 1.82) is 0 Å². The summed E-state index contributed by atoms with van der Waals surface area (Å²) in [5.74, 6) is -0.143. The molecule has 1 saturated carbocycles. The Morgan fingerprint density at radius 1 is 1.53 bits per heavy atom. The smallest absolute Gasteiger partial charge is 0.325 e. The van der Waals surface area contributed by atoms with Crippen molar-refractivity contribution in [2.24, 2.45) is 0 Å². The Bertz CT molecular complexity index is 292. The Labute approximate surface area is 117 Å². The summed E-state index contributed by atoms with van der Waals surface area (Å²) in [4.78, 5) is 14.4. The lowest BCUT2D eigenvalue weighted by Crippen LogP contribution is -2.54. The summed E-state index contributed by atoms with van der Waals surface area (Å²) < 4.78 is 4.99. The van der Waals surface area contributed by atoms with E-state index >= 15 is 0 Å². The monoisotopic (exact) mass is 270 g/mol. The lowest BCUT2D eigenvalue weighted by molar-refractivity contribution is -0.148. The summed E-state index contributed by atoms with van der Waals surface area (Å²) >= 11 is 0. The van der Waals surface area contributed by atoms with Crippen LogP contribution in [0.3, 0.4) is 0 Å². The van der Waals surface area contributed by atoms with Gasteiger partial charge in [0, 0.05) is 12.1 Å². The van der Waals surface area contributed by atoms with Crippen molar-refractivity contribution in [3.05, 3.63) is 0 Å². The minimum Gasteiger partial charge on any atom is -0.468 e. The zero-order chi connectivity index (χ0) is 14.5. The first-order valence-electron chi connectivity index (χ1n) is 7.49. The molecule has 0 aromatic rings. The molecular weight excluding hydrogens is 240 g/mol. The quantitative estimate of drug-likeness (QED) is 0.652. The van der Waals surface area contributed by atoms with Gasteiger partial charge in [-0.25, -0.2) is 0 Å². The highest BCUT2D eigenvalue weighted by molar-refractivity contribution is 5.80. The van der Waals surface area contributed by atoms with Crippen LogP contribution in [0.2, 0.25) is 0 Å². The van der Waals surface area contributed by atoms with E-state index in [0.29, 0.717) is 12.1 Å². The molecule has 0 aromatic carbocycles. The molecule has 2 atom stereocenters. The summed E-state index contributed by atoms with van der Waals surface area (Å²) in [7, 11) is 3.61. The number of hydrogen-bond donors (Lipinski definition) is 1. The standard InChI is InChI=1S/C15H30N2O2/c1-6-7-10-17(4)12(2)11-15(3,14(18)19-5)16-13-8-9-13/h12-13,16H,6-11H2,1-5H3. The number of carbonyl (C=O) groups excluding carboxylic acids is 1. The van der Waals surface area contributed by atoms with Gasteiger partial charge in [-0.2, -0.15) is 0 Å². The molecule has 0 spiro atoms. The molecule has 4 heteroatoms. The van der Waals surface area contributed by atoms with Crippen molar-refractivity contribution >= 4 is 5.97 Å². The van der Waals surface area contributed by atoms with Gasteiger partial charge in [0.25, 0.3) is 0 Å². The Balaban J connectivity index is 2.57. The predicted octanol–water partition coefficient (Wildman–Crippen LogP) is 2.18. The zero-order valence-corrected chi connectivity index (χ0v) is 13.2. The number of rotatable bonds is 9. The first-order chi connectivity index (χ1) is 8.92. The molecule has 112 valence electrons. The van der Waals surface area contributed by atoms with Crippen LogP contribution in [-0.2, 0) is 9.53 Å². The van der Waals surface area contributed by atoms with E-state index in [1.807, 2.05) is 6.92 Å². The normalized spacial score (nSPS) is 20.1. The van der Waals surface area contributed by atoms with Gasteiger partial charge in [-0.15, -0.1) is 0 Å². The number of nitrogens with one attached hydrogen (secondary N) is 1. The number of esters is 1. The molecule has 0 radical (unpaired) electrons. The number of carbonyl (C=O) groups is 1. The van der Waals surface area contributed by atoms with Crippen molar-refractivity contribution in [3.8, 4) is 0 Å². The topological polar surface area (TPSA) is 41.6 Å². The van der Waals surface area contributed by atoms with Crippen LogP contribution in [0, 0.1) is 0 Å². The molecule has 2 unspecified atom stereocenters. The van der Waals surface area contributed by atoms with Crippen LogP contribution >= 0.6 is 0 Å². The summed E-state index contributed by atoms with van der Waals surface area (Å²) in [6.45, 7) is 7.44. The fraction of sp³-hybridized carbons (Fsp3) is 0.933. The largest absolute Gasteiger partial charge is 0.468 e. The Kier molecular flexibility index (Phi) is 6.27. The molecule has 1 N–H and O–H groups in total. The van der Waals surface area contributed by atoms with E-state index in [-0.39, 0.29) is 5.97 Å². The molecule has 19 heavy (non-hydrogen) atoms. The van der Waals surface area contributed by atoms with E-state index in [9.17, 15) is 4.79 Å². The highest BCUT2D eigenvalue weighted by Crippen LogP contribution is 2.26. The van der Waals surface area contributed by atoms with Gasteiger partial charge in [0.15, 0.2) is 0 Å². The first-order valence-corrected chi connectivity index (χ1v) is 7.49. The fourth-order valence-corrected chi connectivity index (χ4v) is 2.48. The maximum Gasteiger partial charge on any atom is 0.325 e. The minimum atomic E-state index is -0.560. The van der Waals surface area contributed by atoms with Gasteiger partial charge in [0.05, 0.1) is 7.11 Å². The molecule has 0 aliphatic heterocycles. The van der Waals surface area contributed by atoms with Gasteiger partial charge in [-0.1, -0.05) is 13.3 Å². The molecule has 0 aromatic heterocycles. The van der Waals surface area contributed by atoms with Crippen LogP contribution in [-0.4, -0.2) is 49.2 Å². The van der Waals surface area contributed by atoms with Gasteiger partial charge in [0.1, 0.15) is 5.54 Å². The number of hydrogen-bond acceptors (Lipinski definition) is 4. The van der Waals surface area contributed by atoms with Crippen molar-refractivity contribution < 1.29 is 9.53 Å². The van der Waals surface area contributed by atoms with Crippen molar-refractivity contribution in [2.75, 3.05) is 20.7 Å². The van der Waals surface area contributed by atoms with E-state index in [1.54, 1.807) is 0 Å². The highest BCUT2D eigenvalue weighted by atomic mass is 16.5. The molecular formula is C15H30N2O2. The van der Waals surface area contributed by atoms with Crippen LogP contribution < -0.4 is 5.32 Å². The Morgan fingerprint density at radius 3 is 2.63 bits per heavy atom. The van der Waals surface area contributed by atoms with Gasteiger partial charge in [-0.3, -0.25) is 10.1 Å². The molecule has 1 aliphatic carbocycles. The maximum absolute atomic E-state index is 12.1. The maximum atomic E-state index is 12.1. The number of ether oxygens (including phenoxy) is 1. The van der Waals surface area contributed by atoms with E-state index < -0.39 is 5.54 Å². The van der Waals surface area contributed by atoms with Crippen molar-refractivity contribution in [2.45, 2.75) is 70.5 Å². The third-order valence-corrected chi connectivity index (χ3v) is 4.06. The Morgan fingerprint density at radius 2 is 2.16 bits per heavy atom. The van der Waals surface area contributed by atoms with E-state index in [4.69, 9.17) is 4.74 Å². The van der Waals surface area contributed by atoms with Gasteiger partial charge >= 0.3 is 5.97 Å². The lowest BCUT2D eigenvalue weighted by atomic mass is 9.92. The summed E-state index contributed by atoms with van der Waals surface area (Å²) in [5.41, 5.74) is -0.560. The third kappa shape index (κ3) is 5.11. The molecule has 0 saturated heterocycles. The Hall–Kier alpha value is -0.610. The molecule has 1 aliphatic rings. The third-order valence-electron chi connectivity index (χ3n) is 4.06. The van der Waals surface area contributed by atoms with E-state index in [0.717, 1.165) is 13.0 Å². The molecule has 0 heterocycles. The van der Waals surface area contributed by atoms with Crippen LogP contribution in [0.4, 0.5) is 0 Å². The van der Waals surface area contributed by atoms with Gasteiger partial charge < -0.3 is 9.64 Å². The second-order valence-electron chi connectivity index (χ2n) is 6.13. The number of unbranched alkanes of at least 4 members (excludes halogenated alkanes) is 1. The van der Waals surface area contributed by atoms with Crippen LogP contribution in [0.5, 0.6) is 0 Å². The second kappa shape index (κ2) is 7.25. The molecule has 4 nitrogen and oxygen atoms in total. The molecule has 1 rings (SSSR count). The molecule has 0 bridgehead atoms.